The molecule has 0 bridgehead atoms. The molecule has 2 heterocycles. The number of hydrogen-bond donors (Lipinski definition) is 1. The van der Waals surface area contributed by atoms with Crippen LogP contribution in [0.2, 0.25) is 0 Å². The van der Waals surface area contributed by atoms with Crippen LogP contribution in [0.4, 0.5) is 0 Å². The molecule has 4 heteroatoms. The molecule has 0 saturated heterocycles. The molecule has 4 nitrogen and oxygen atoms in total. The van der Waals surface area contributed by atoms with E-state index in [2.05, 4.69) is 0 Å². The van der Waals surface area contributed by atoms with E-state index in [1.165, 1.54) is 0 Å². The van der Waals surface area contributed by atoms with Crippen molar-refractivity contribution in [1.29, 1.82) is 0 Å². The molecule has 1 atom stereocenters. The van der Waals surface area contributed by atoms with Crippen molar-refractivity contribution in [3.05, 3.63) is 16.7 Å². The molecule has 1 aromatic carbocycles. The van der Waals surface area contributed by atoms with Gasteiger partial charge in [0.1, 0.15) is 12.0 Å². The van der Waals surface area contributed by atoms with Gasteiger partial charge in [-0.2, -0.15) is 0 Å². The molecule has 0 spiro atoms. The third kappa shape index (κ3) is 1.48. The van der Waals surface area contributed by atoms with Crippen molar-refractivity contribution in [2.45, 2.75) is 32.1 Å². The molecule has 96 valence electrons. The highest BCUT2D eigenvalue weighted by Crippen LogP contribution is 2.50. The fourth-order valence-electron chi connectivity index (χ4n) is 2.90. The summed E-state index contributed by atoms with van der Waals surface area (Å²) in [7, 11) is 0. The Morgan fingerprint density at radius 1 is 1.22 bits per heavy atom. The van der Waals surface area contributed by atoms with Crippen LogP contribution in [0.5, 0.6) is 17.2 Å². The Hall–Kier alpha value is -1.71. The molecule has 2 aliphatic rings. The van der Waals surface area contributed by atoms with Crippen molar-refractivity contribution < 1.29 is 19.4 Å². The van der Waals surface area contributed by atoms with Crippen LogP contribution < -0.4 is 9.47 Å². The number of carbonyl (C=O) groups excluding carboxylic acids is 1. The number of benzene rings is 1. The number of ether oxygens (including phenoxy) is 2. The third-order valence-electron chi connectivity index (χ3n) is 3.76. The van der Waals surface area contributed by atoms with E-state index in [1.807, 2.05) is 6.92 Å². The van der Waals surface area contributed by atoms with Crippen LogP contribution in [0.3, 0.4) is 0 Å². The van der Waals surface area contributed by atoms with E-state index in [9.17, 15) is 9.90 Å². The van der Waals surface area contributed by atoms with Crippen LogP contribution in [0.25, 0.3) is 0 Å². The minimum absolute atomic E-state index is 0.102. The lowest BCUT2D eigenvalue weighted by Crippen LogP contribution is -2.02. The summed E-state index contributed by atoms with van der Waals surface area (Å²) in [5, 5.41) is 10.2. The molecule has 18 heavy (non-hydrogen) atoms. The number of carbonyl (C=O) groups is 1. The first-order valence-corrected chi connectivity index (χ1v) is 6.33. The van der Waals surface area contributed by atoms with Crippen LogP contribution in [0, 0.1) is 0 Å². The van der Waals surface area contributed by atoms with Crippen molar-refractivity contribution in [3.8, 4) is 17.2 Å². The summed E-state index contributed by atoms with van der Waals surface area (Å²) in [6.45, 7) is 3.19. The van der Waals surface area contributed by atoms with Crippen molar-refractivity contribution in [2.24, 2.45) is 0 Å². The zero-order chi connectivity index (χ0) is 12.7. The second kappa shape index (κ2) is 4.19. The number of phenols is 1. The predicted octanol–water partition coefficient (Wildman–Crippen LogP) is 1.95. The highest BCUT2D eigenvalue weighted by molar-refractivity contribution is 5.66. The molecule has 1 aromatic rings. The summed E-state index contributed by atoms with van der Waals surface area (Å²) in [6.07, 6.45) is 2.88. The molecule has 2 aliphatic heterocycles. The standard InChI is InChI=1S/C14H16O4/c1-8(2-5-15)11-9-3-6-18-14(9)12(16)10-4-7-17-13(10)11/h5,8,16H,2-4,6-7H2,1H3. The molecular weight excluding hydrogens is 232 g/mol. The van der Waals surface area contributed by atoms with Crippen molar-refractivity contribution in [1.82, 2.24) is 0 Å². The maximum absolute atomic E-state index is 10.7. The van der Waals surface area contributed by atoms with Crippen LogP contribution in [-0.2, 0) is 17.6 Å². The summed E-state index contributed by atoms with van der Waals surface area (Å²) < 4.78 is 11.2. The molecule has 1 unspecified atom stereocenters. The Morgan fingerprint density at radius 2 is 1.89 bits per heavy atom. The van der Waals surface area contributed by atoms with Crippen LogP contribution in [0.1, 0.15) is 36.0 Å². The van der Waals surface area contributed by atoms with Gasteiger partial charge in [-0.1, -0.05) is 6.92 Å². The Morgan fingerprint density at radius 3 is 2.61 bits per heavy atom. The first kappa shape index (κ1) is 11.4. The van der Waals surface area contributed by atoms with Gasteiger partial charge in [-0.25, -0.2) is 0 Å². The smallest absolute Gasteiger partial charge is 0.165 e. The summed E-state index contributed by atoms with van der Waals surface area (Å²) in [5.74, 6) is 1.72. The van der Waals surface area contributed by atoms with E-state index in [0.717, 1.165) is 35.1 Å². The van der Waals surface area contributed by atoms with Gasteiger partial charge in [0.05, 0.1) is 13.2 Å². The van der Waals surface area contributed by atoms with Gasteiger partial charge in [0.2, 0.25) is 0 Å². The fraction of sp³-hybridized carbons (Fsp3) is 0.500. The number of rotatable bonds is 3. The minimum Gasteiger partial charge on any atom is -0.504 e. The van der Waals surface area contributed by atoms with Gasteiger partial charge in [-0.3, -0.25) is 0 Å². The molecule has 0 fully saturated rings. The highest BCUT2D eigenvalue weighted by Gasteiger charge is 2.33. The first-order valence-electron chi connectivity index (χ1n) is 6.33. The van der Waals surface area contributed by atoms with Gasteiger partial charge in [0, 0.05) is 36.0 Å². The zero-order valence-corrected chi connectivity index (χ0v) is 10.4. The van der Waals surface area contributed by atoms with Gasteiger partial charge in [-0.05, 0) is 5.92 Å². The molecule has 0 amide bonds. The van der Waals surface area contributed by atoms with Crippen LogP contribution in [-0.4, -0.2) is 24.6 Å². The maximum atomic E-state index is 10.7. The van der Waals surface area contributed by atoms with E-state index in [1.54, 1.807) is 0 Å². The van der Waals surface area contributed by atoms with E-state index in [0.29, 0.717) is 31.8 Å². The van der Waals surface area contributed by atoms with Crippen molar-refractivity contribution in [3.63, 3.8) is 0 Å². The highest BCUT2D eigenvalue weighted by atomic mass is 16.5. The molecular formula is C14H16O4. The van der Waals surface area contributed by atoms with Gasteiger partial charge < -0.3 is 19.4 Å². The number of aldehydes is 1. The molecule has 0 aromatic heterocycles. The normalized spacial score (nSPS) is 17.6. The topological polar surface area (TPSA) is 55.8 Å². The average Bonchev–Trinajstić information content (AvgIpc) is 2.97. The Labute approximate surface area is 106 Å². The predicted molar refractivity (Wildman–Crippen MR) is 65.6 cm³/mol. The molecule has 0 saturated carbocycles. The molecule has 1 N–H and O–H groups in total. The number of phenolic OH excluding ortho intramolecular Hbond substituents is 1. The Balaban J connectivity index is 2.20. The average molecular weight is 248 g/mol. The van der Waals surface area contributed by atoms with Crippen LogP contribution in [0.15, 0.2) is 0 Å². The Bertz CT molecular complexity index is 472. The largest absolute Gasteiger partial charge is 0.504 e. The van der Waals surface area contributed by atoms with Crippen molar-refractivity contribution in [2.75, 3.05) is 13.2 Å². The van der Waals surface area contributed by atoms with E-state index in [-0.39, 0.29) is 11.7 Å². The lowest BCUT2D eigenvalue weighted by Gasteiger charge is -2.18. The lowest BCUT2D eigenvalue weighted by molar-refractivity contribution is -0.108. The first-order chi connectivity index (χ1) is 8.74. The summed E-state index contributed by atoms with van der Waals surface area (Å²) >= 11 is 0. The van der Waals surface area contributed by atoms with E-state index in [4.69, 9.17) is 9.47 Å². The summed E-state index contributed by atoms with van der Waals surface area (Å²) in [4.78, 5) is 10.7. The van der Waals surface area contributed by atoms with E-state index >= 15 is 0 Å². The molecule has 3 rings (SSSR count). The van der Waals surface area contributed by atoms with Crippen molar-refractivity contribution >= 4 is 6.29 Å². The fourth-order valence-corrected chi connectivity index (χ4v) is 2.90. The number of fused-ring (bicyclic) bond motifs is 2. The van der Waals surface area contributed by atoms with E-state index < -0.39 is 0 Å². The number of aromatic hydroxyl groups is 1. The minimum atomic E-state index is 0.102. The maximum Gasteiger partial charge on any atom is 0.165 e. The van der Waals surface area contributed by atoms with Crippen LogP contribution >= 0.6 is 0 Å². The van der Waals surface area contributed by atoms with Gasteiger partial charge in [0.25, 0.3) is 0 Å². The number of hydrogen-bond acceptors (Lipinski definition) is 4. The van der Waals surface area contributed by atoms with Gasteiger partial charge in [0.15, 0.2) is 11.5 Å². The Kier molecular flexibility index (Phi) is 2.65. The van der Waals surface area contributed by atoms with Gasteiger partial charge >= 0.3 is 0 Å². The molecule has 0 radical (unpaired) electrons. The molecule has 0 aliphatic carbocycles. The summed E-state index contributed by atoms with van der Waals surface area (Å²) in [6, 6.07) is 0. The second-order valence-electron chi connectivity index (χ2n) is 4.88. The third-order valence-corrected chi connectivity index (χ3v) is 3.76. The second-order valence-corrected chi connectivity index (χ2v) is 4.88. The summed E-state index contributed by atoms with van der Waals surface area (Å²) in [5.41, 5.74) is 2.91. The SMILES string of the molecule is CC(CC=O)c1c2c(c(O)c3c1OCC3)OCC2. The zero-order valence-electron chi connectivity index (χ0n) is 10.4. The lowest BCUT2D eigenvalue weighted by atomic mass is 9.89. The van der Waals surface area contributed by atoms with Gasteiger partial charge in [-0.15, -0.1) is 0 Å². The quantitative estimate of drug-likeness (QED) is 0.831. The monoisotopic (exact) mass is 248 g/mol.